The first kappa shape index (κ1) is 12.8. The van der Waals surface area contributed by atoms with Gasteiger partial charge in [0.25, 0.3) is 0 Å². The molecule has 0 aliphatic heterocycles. The van der Waals surface area contributed by atoms with Gasteiger partial charge in [-0.2, -0.15) is 13.2 Å². The van der Waals surface area contributed by atoms with Crippen LogP contribution >= 0.6 is 11.6 Å². The van der Waals surface area contributed by atoms with Crippen LogP contribution in [0.2, 0.25) is 5.02 Å². The molecule has 0 amide bonds. The average Bonchev–Trinajstić information content (AvgIpc) is 2.10. The minimum Gasteiger partial charge on any atom is -0.481 e. The molecule has 0 unspecified atom stereocenters. The molecule has 0 saturated heterocycles. The van der Waals surface area contributed by atoms with Gasteiger partial charge in [0, 0.05) is 0 Å². The zero-order chi connectivity index (χ0) is 12.5. The molecule has 1 aromatic rings. The van der Waals surface area contributed by atoms with E-state index >= 15 is 0 Å². The van der Waals surface area contributed by atoms with E-state index in [4.69, 9.17) is 16.7 Å². The van der Waals surface area contributed by atoms with Crippen LogP contribution in [0.5, 0.6) is 0 Å². The van der Waals surface area contributed by atoms with E-state index in [1.807, 2.05) is 0 Å². The number of alkyl halides is 3. The molecule has 1 rings (SSSR count). The predicted molar refractivity (Wildman–Crippen MR) is 47.8 cm³/mol. The van der Waals surface area contributed by atoms with Crippen LogP contribution in [0.1, 0.15) is 11.1 Å². The maximum absolute atomic E-state index is 12.9. The van der Waals surface area contributed by atoms with Crippen LogP contribution in [0.4, 0.5) is 17.6 Å². The molecule has 0 fully saturated rings. The van der Waals surface area contributed by atoms with Gasteiger partial charge in [-0.25, -0.2) is 4.39 Å². The lowest BCUT2D eigenvalue weighted by molar-refractivity contribution is -0.139. The van der Waals surface area contributed by atoms with Gasteiger partial charge in [-0.3, -0.25) is 4.79 Å². The highest BCUT2D eigenvalue weighted by Gasteiger charge is 2.35. The molecule has 16 heavy (non-hydrogen) atoms. The number of carboxylic acids is 1. The first-order valence-electron chi connectivity index (χ1n) is 3.99. The van der Waals surface area contributed by atoms with Crippen LogP contribution in [0.3, 0.4) is 0 Å². The van der Waals surface area contributed by atoms with Gasteiger partial charge in [0.1, 0.15) is 5.82 Å². The smallest absolute Gasteiger partial charge is 0.416 e. The van der Waals surface area contributed by atoms with Crippen molar-refractivity contribution in [1.82, 2.24) is 0 Å². The van der Waals surface area contributed by atoms with E-state index < -0.39 is 40.5 Å². The molecule has 0 heterocycles. The van der Waals surface area contributed by atoms with E-state index in [1.54, 1.807) is 0 Å². The first-order valence-corrected chi connectivity index (χ1v) is 4.37. The molecule has 0 spiro atoms. The molecule has 7 heteroatoms. The minimum atomic E-state index is -4.76. The number of hydrogen-bond donors (Lipinski definition) is 1. The molecule has 0 atom stereocenters. The fraction of sp³-hybridized carbons (Fsp3) is 0.222. The van der Waals surface area contributed by atoms with Crippen molar-refractivity contribution in [1.29, 1.82) is 0 Å². The van der Waals surface area contributed by atoms with Crippen LogP contribution in [0.25, 0.3) is 0 Å². The van der Waals surface area contributed by atoms with Gasteiger partial charge in [-0.1, -0.05) is 11.6 Å². The van der Waals surface area contributed by atoms with Gasteiger partial charge in [-0.05, 0) is 17.7 Å². The van der Waals surface area contributed by atoms with Crippen molar-refractivity contribution < 1.29 is 27.5 Å². The van der Waals surface area contributed by atoms with Gasteiger partial charge in [0.05, 0.1) is 17.0 Å². The summed E-state index contributed by atoms with van der Waals surface area (Å²) in [5.74, 6) is -2.59. The van der Waals surface area contributed by atoms with Crippen LogP contribution < -0.4 is 0 Å². The van der Waals surface area contributed by atoms with Gasteiger partial charge in [-0.15, -0.1) is 0 Å². The van der Waals surface area contributed by atoms with Gasteiger partial charge >= 0.3 is 12.1 Å². The summed E-state index contributed by atoms with van der Waals surface area (Å²) >= 11 is 5.31. The second-order valence-corrected chi connectivity index (χ2v) is 3.33. The molecular weight excluding hydrogens is 252 g/mol. The molecule has 1 N–H and O–H groups in total. The summed E-state index contributed by atoms with van der Waals surface area (Å²) in [6.45, 7) is 0. The molecule has 1 aromatic carbocycles. The molecule has 0 aromatic heterocycles. The summed E-state index contributed by atoms with van der Waals surface area (Å²) in [7, 11) is 0. The highest BCUT2D eigenvalue weighted by molar-refractivity contribution is 6.31. The molecule has 0 saturated carbocycles. The highest BCUT2D eigenvalue weighted by atomic mass is 35.5. The fourth-order valence-electron chi connectivity index (χ4n) is 1.18. The fourth-order valence-corrected chi connectivity index (χ4v) is 1.41. The Morgan fingerprint density at radius 1 is 1.38 bits per heavy atom. The number of carboxylic acid groups (broad SMARTS) is 1. The Hall–Kier alpha value is -1.30. The second kappa shape index (κ2) is 4.29. The van der Waals surface area contributed by atoms with Crippen molar-refractivity contribution in [2.75, 3.05) is 0 Å². The molecule has 88 valence electrons. The molecular formula is C9H5ClF4O2. The van der Waals surface area contributed by atoms with E-state index in [0.717, 1.165) is 0 Å². The lowest BCUT2D eigenvalue weighted by Crippen LogP contribution is -2.13. The summed E-state index contributed by atoms with van der Waals surface area (Å²) in [6, 6.07) is 1.02. The minimum absolute atomic E-state index is 0.472. The van der Waals surface area contributed by atoms with E-state index in [9.17, 15) is 22.4 Å². The van der Waals surface area contributed by atoms with E-state index in [1.165, 1.54) is 0 Å². The number of rotatable bonds is 2. The SMILES string of the molecule is O=C(O)Cc1c(C(F)(F)F)ccc(F)c1Cl. The van der Waals surface area contributed by atoms with E-state index in [2.05, 4.69) is 0 Å². The highest BCUT2D eigenvalue weighted by Crippen LogP contribution is 2.36. The number of aliphatic carboxylic acids is 1. The average molecular weight is 257 g/mol. The second-order valence-electron chi connectivity index (χ2n) is 2.96. The molecule has 0 aliphatic rings. The summed E-state index contributed by atoms with van der Waals surface area (Å²) in [4.78, 5) is 10.4. The third-order valence-corrected chi connectivity index (χ3v) is 2.24. The lowest BCUT2D eigenvalue weighted by atomic mass is 10.0. The lowest BCUT2D eigenvalue weighted by Gasteiger charge is -2.13. The molecule has 0 bridgehead atoms. The Balaban J connectivity index is 3.39. The molecule has 2 nitrogen and oxygen atoms in total. The molecule has 0 radical (unpaired) electrons. The molecule has 0 aliphatic carbocycles. The van der Waals surface area contributed by atoms with Crippen molar-refractivity contribution in [2.45, 2.75) is 12.6 Å². The Kier molecular flexibility index (Phi) is 3.42. The van der Waals surface area contributed by atoms with Crippen molar-refractivity contribution in [3.05, 3.63) is 34.1 Å². The monoisotopic (exact) mass is 256 g/mol. The standard InChI is InChI=1S/C9H5ClF4O2/c10-8-4(3-7(15)16)5(9(12,13)14)1-2-6(8)11/h1-2H,3H2,(H,15,16). The largest absolute Gasteiger partial charge is 0.481 e. The maximum Gasteiger partial charge on any atom is 0.416 e. The summed E-state index contributed by atoms with van der Waals surface area (Å²) in [6.07, 6.45) is -5.74. The third kappa shape index (κ3) is 2.63. The van der Waals surface area contributed by atoms with Crippen LogP contribution in [0.15, 0.2) is 12.1 Å². The van der Waals surface area contributed by atoms with Gasteiger partial charge in [0.15, 0.2) is 0 Å². The van der Waals surface area contributed by atoms with Gasteiger partial charge < -0.3 is 5.11 Å². The Morgan fingerprint density at radius 2 is 1.94 bits per heavy atom. The summed E-state index contributed by atoms with van der Waals surface area (Å²) < 4.78 is 50.2. The number of halogens is 5. The van der Waals surface area contributed by atoms with Crippen molar-refractivity contribution in [2.24, 2.45) is 0 Å². The van der Waals surface area contributed by atoms with E-state index in [0.29, 0.717) is 12.1 Å². The van der Waals surface area contributed by atoms with Gasteiger partial charge in [0.2, 0.25) is 0 Å². The zero-order valence-corrected chi connectivity index (χ0v) is 8.36. The normalized spacial score (nSPS) is 11.6. The van der Waals surface area contributed by atoms with Crippen molar-refractivity contribution >= 4 is 17.6 Å². The maximum atomic E-state index is 12.9. The summed E-state index contributed by atoms with van der Waals surface area (Å²) in [5.41, 5.74) is -2.00. The third-order valence-electron chi connectivity index (χ3n) is 1.83. The number of carbonyl (C=O) groups is 1. The first-order chi connectivity index (χ1) is 7.23. The topological polar surface area (TPSA) is 37.3 Å². The summed E-state index contributed by atoms with van der Waals surface area (Å²) in [5, 5.41) is 7.62. The Morgan fingerprint density at radius 3 is 2.38 bits per heavy atom. The zero-order valence-electron chi connectivity index (χ0n) is 7.61. The Bertz CT molecular complexity index is 428. The number of benzene rings is 1. The van der Waals surface area contributed by atoms with E-state index in [-0.39, 0.29) is 0 Å². The number of hydrogen-bond acceptors (Lipinski definition) is 1. The van der Waals surface area contributed by atoms with Crippen molar-refractivity contribution in [3.63, 3.8) is 0 Å². The van der Waals surface area contributed by atoms with Crippen LogP contribution in [0, 0.1) is 5.82 Å². The van der Waals surface area contributed by atoms with Crippen molar-refractivity contribution in [3.8, 4) is 0 Å². The Labute approximate surface area is 92.4 Å². The quantitative estimate of drug-likeness (QED) is 0.826. The van der Waals surface area contributed by atoms with Crippen LogP contribution in [-0.4, -0.2) is 11.1 Å². The predicted octanol–water partition coefficient (Wildman–Crippen LogP) is 3.13. The van der Waals surface area contributed by atoms with Crippen LogP contribution in [-0.2, 0) is 17.4 Å².